The third-order valence-electron chi connectivity index (χ3n) is 5.61. The van der Waals surface area contributed by atoms with Crippen LogP contribution in [0.4, 0.5) is 24.7 Å². The Bertz CT molecular complexity index is 1200. The number of fused-ring (bicyclic) bond motifs is 4. The number of urea groups is 1. The number of carbonyl (C=O) groups excluding carboxylic acids is 1. The molecule has 1 aromatic carbocycles. The first-order valence-corrected chi connectivity index (χ1v) is 11.8. The second kappa shape index (κ2) is 9.76. The molecule has 186 valence electrons. The number of oxazole rings is 1. The molecule has 13 heteroatoms. The molecule has 35 heavy (non-hydrogen) atoms. The van der Waals surface area contributed by atoms with Gasteiger partial charge in [0, 0.05) is 18.5 Å². The minimum atomic E-state index is -2.92. The molecule has 10 nitrogen and oxygen atoms in total. The van der Waals surface area contributed by atoms with Crippen LogP contribution in [0, 0.1) is 0 Å². The van der Waals surface area contributed by atoms with Crippen LogP contribution < -0.4 is 20.3 Å². The van der Waals surface area contributed by atoms with Crippen LogP contribution in [0.1, 0.15) is 23.5 Å². The van der Waals surface area contributed by atoms with Gasteiger partial charge < -0.3 is 29.2 Å². The van der Waals surface area contributed by atoms with Crippen molar-refractivity contribution in [2.45, 2.75) is 38.1 Å². The highest BCUT2D eigenvalue weighted by Gasteiger charge is 2.42. The van der Waals surface area contributed by atoms with Crippen molar-refractivity contribution in [3.05, 3.63) is 41.0 Å². The van der Waals surface area contributed by atoms with Crippen LogP contribution >= 0.6 is 11.3 Å². The van der Waals surface area contributed by atoms with Gasteiger partial charge in [-0.15, -0.1) is 0 Å². The van der Waals surface area contributed by atoms with Crippen molar-refractivity contribution >= 4 is 28.5 Å². The highest BCUT2D eigenvalue weighted by Crippen LogP contribution is 2.43. The van der Waals surface area contributed by atoms with Crippen molar-refractivity contribution in [2.75, 3.05) is 30.0 Å². The van der Waals surface area contributed by atoms with Crippen LogP contribution in [-0.4, -0.2) is 59.6 Å². The van der Waals surface area contributed by atoms with Gasteiger partial charge in [-0.25, -0.2) is 14.8 Å². The summed E-state index contributed by atoms with van der Waals surface area (Å²) in [5.74, 6) is 0.455. The Hall–Kier alpha value is -3.29. The van der Waals surface area contributed by atoms with Gasteiger partial charge in [0.15, 0.2) is 10.9 Å². The summed E-state index contributed by atoms with van der Waals surface area (Å²) < 4.78 is 41.5. The summed E-state index contributed by atoms with van der Waals surface area (Å²) in [6.45, 7) is -0.345. The number of aliphatic hydroxyl groups excluding tert-OH is 1. The van der Waals surface area contributed by atoms with Crippen LogP contribution in [0.5, 0.6) is 5.75 Å². The van der Waals surface area contributed by atoms with E-state index in [2.05, 4.69) is 25.3 Å². The molecule has 5 rings (SSSR count). The molecule has 2 aliphatic heterocycles. The molecule has 0 saturated carbocycles. The second-order valence-electron chi connectivity index (χ2n) is 8.25. The quantitative estimate of drug-likeness (QED) is 0.445. The fourth-order valence-electron chi connectivity index (χ4n) is 4.15. The fraction of sp³-hybridized carbons (Fsp3) is 0.409. The van der Waals surface area contributed by atoms with E-state index in [0.29, 0.717) is 42.1 Å². The van der Waals surface area contributed by atoms with Gasteiger partial charge in [0.1, 0.15) is 5.75 Å². The minimum Gasteiger partial charge on any atom is -0.435 e. The lowest BCUT2D eigenvalue weighted by molar-refractivity contribution is -0.0498. The number of aliphatic hydroxyl groups is 1. The second-order valence-corrected chi connectivity index (χ2v) is 9.28. The number of nitrogens with one attached hydrogen (secondary N) is 2. The van der Waals surface area contributed by atoms with Gasteiger partial charge in [-0.1, -0.05) is 23.5 Å². The van der Waals surface area contributed by atoms with Gasteiger partial charge >= 0.3 is 12.6 Å². The number of nitrogens with zero attached hydrogens (tertiary/aromatic N) is 3. The molecule has 2 amide bonds. The summed E-state index contributed by atoms with van der Waals surface area (Å²) >= 11 is 1.35. The first kappa shape index (κ1) is 23.5. The first-order valence-electron chi connectivity index (χ1n) is 11.0. The number of anilines is 2. The number of halogens is 2. The largest absolute Gasteiger partial charge is 0.435 e. The molecule has 1 saturated heterocycles. The van der Waals surface area contributed by atoms with Crippen molar-refractivity contribution in [3.8, 4) is 17.1 Å². The number of thiazole rings is 1. The highest BCUT2D eigenvalue weighted by molar-refractivity contribution is 7.16. The van der Waals surface area contributed by atoms with E-state index >= 15 is 0 Å². The first-order chi connectivity index (χ1) is 16.9. The lowest BCUT2D eigenvalue weighted by atomic mass is 9.97. The van der Waals surface area contributed by atoms with Crippen molar-refractivity contribution in [1.82, 2.24) is 15.3 Å². The van der Waals surface area contributed by atoms with Gasteiger partial charge in [-0.3, -0.25) is 5.32 Å². The summed E-state index contributed by atoms with van der Waals surface area (Å²) in [5.41, 5.74) is 1.45. The van der Waals surface area contributed by atoms with E-state index < -0.39 is 18.7 Å². The van der Waals surface area contributed by atoms with Crippen LogP contribution in [0.3, 0.4) is 0 Å². The Morgan fingerprint density at radius 1 is 1.40 bits per heavy atom. The number of morpholine rings is 1. The van der Waals surface area contributed by atoms with Gasteiger partial charge in [0.25, 0.3) is 6.01 Å². The number of benzene rings is 1. The SMILES string of the molecule is C[C@@H](O)CNC(=O)Nc1nc2c(s1)[C@@H]1COC[C@H](C2)N1c1ncc(-c2cccc(OC(F)F)c2)o1. The van der Waals surface area contributed by atoms with E-state index in [9.17, 15) is 18.7 Å². The Balaban J connectivity index is 1.36. The summed E-state index contributed by atoms with van der Waals surface area (Å²) in [6, 6.07) is 5.93. The number of alkyl halides is 2. The van der Waals surface area contributed by atoms with E-state index in [4.69, 9.17) is 9.15 Å². The third kappa shape index (κ3) is 5.06. The van der Waals surface area contributed by atoms with Crippen molar-refractivity contribution in [3.63, 3.8) is 0 Å². The number of hydrogen-bond acceptors (Lipinski definition) is 9. The standard InChI is InChI=1S/C22H23F2N5O5S/c1-11(30)7-25-20(31)28-21-27-15-6-13-9-32-10-16(18(15)35-21)29(13)22-26-8-17(34-22)12-3-2-4-14(5-12)33-19(23)24/h2-5,8,11,13,16,19,30H,6-7,9-10H2,1H3,(H2,25,27,28,31)/t11-,13+,16+/m1/s1. The molecule has 0 unspecified atom stereocenters. The Labute approximate surface area is 202 Å². The Morgan fingerprint density at radius 2 is 2.26 bits per heavy atom. The number of ether oxygens (including phenoxy) is 2. The van der Waals surface area contributed by atoms with E-state index in [0.717, 1.165) is 10.6 Å². The van der Waals surface area contributed by atoms with Crippen LogP contribution in [0.2, 0.25) is 0 Å². The molecule has 0 radical (unpaired) electrons. The number of carbonyl (C=O) groups is 1. The zero-order valence-electron chi connectivity index (χ0n) is 18.6. The summed E-state index contributed by atoms with van der Waals surface area (Å²) in [6.07, 6.45) is 1.48. The maximum absolute atomic E-state index is 12.6. The highest BCUT2D eigenvalue weighted by atomic mass is 32.1. The van der Waals surface area contributed by atoms with E-state index in [-0.39, 0.29) is 24.4 Å². The molecule has 2 aromatic heterocycles. The normalized spacial score (nSPS) is 19.9. The van der Waals surface area contributed by atoms with Crippen LogP contribution in [0.15, 0.2) is 34.9 Å². The molecular formula is C22H23F2N5O5S. The van der Waals surface area contributed by atoms with Crippen molar-refractivity contribution in [2.24, 2.45) is 0 Å². The lowest BCUT2D eigenvalue weighted by Gasteiger charge is -2.43. The van der Waals surface area contributed by atoms with Crippen LogP contribution in [0.25, 0.3) is 11.3 Å². The molecular weight excluding hydrogens is 484 g/mol. The molecule has 1 fully saturated rings. The number of rotatable bonds is 7. The molecule has 3 atom stereocenters. The Morgan fingerprint density at radius 3 is 3.06 bits per heavy atom. The summed E-state index contributed by atoms with van der Waals surface area (Å²) in [7, 11) is 0. The molecule has 0 aliphatic carbocycles. The zero-order chi connectivity index (χ0) is 24.5. The number of amides is 2. The lowest BCUT2D eigenvalue weighted by Crippen LogP contribution is -2.51. The van der Waals surface area contributed by atoms with Crippen LogP contribution in [-0.2, 0) is 11.2 Å². The van der Waals surface area contributed by atoms with E-state index in [1.807, 2.05) is 4.90 Å². The van der Waals surface area contributed by atoms with Gasteiger partial charge in [0.2, 0.25) is 0 Å². The third-order valence-corrected chi connectivity index (χ3v) is 6.73. The maximum atomic E-state index is 12.6. The minimum absolute atomic E-state index is 0.0329. The maximum Gasteiger partial charge on any atom is 0.387 e. The molecule has 2 aliphatic rings. The van der Waals surface area contributed by atoms with Gasteiger partial charge in [-0.2, -0.15) is 8.78 Å². The van der Waals surface area contributed by atoms with Gasteiger partial charge in [-0.05, 0) is 19.1 Å². The average molecular weight is 508 g/mol. The van der Waals surface area contributed by atoms with E-state index in [1.165, 1.54) is 23.5 Å². The van der Waals surface area contributed by atoms with Crippen molar-refractivity contribution < 1.29 is 32.6 Å². The Kier molecular flexibility index (Phi) is 6.54. The summed E-state index contributed by atoms with van der Waals surface area (Å²) in [5, 5.41) is 15.1. The summed E-state index contributed by atoms with van der Waals surface area (Å²) in [4.78, 5) is 24.1. The predicted molar refractivity (Wildman–Crippen MR) is 123 cm³/mol. The monoisotopic (exact) mass is 507 g/mol. The molecule has 4 heterocycles. The number of hydrogen-bond donors (Lipinski definition) is 3. The van der Waals surface area contributed by atoms with Crippen molar-refractivity contribution in [1.29, 1.82) is 0 Å². The molecule has 3 N–H and O–H groups in total. The van der Waals surface area contributed by atoms with Gasteiger partial charge in [0.05, 0.1) is 48.2 Å². The zero-order valence-corrected chi connectivity index (χ0v) is 19.4. The predicted octanol–water partition coefficient (Wildman–Crippen LogP) is 3.40. The molecule has 3 aromatic rings. The molecule has 0 spiro atoms. The average Bonchev–Trinajstić information content (AvgIpc) is 3.44. The molecule has 2 bridgehead atoms. The fourth-order valence-corrected chi connectivity index (χ4v) is 5.22. The smallest absolute Gasteiger partial charge is 0.387 e. The van der Waals surface area contributed by atoms with E-state index in [1.54, 1.807) is 25.3 Å². The topological polar surface area (TPSA) is 122 Å². The number of aromatic nitrogens is 2.